The van der Waals surface area contributed by atoms with Gasteiger partial charge in [0.15, 0.2) is 11.5 Å². The van der Waals surface area contributed by atoms with Gasteiger partial charge in [-0.05, 0) is 43.4 Å². The van der Waals surface area contributed by atoms with Crippen LogP contribution in [-0.2, 0) is 11.3 Å². The lowest BCUT2D eigenvalue weighted by atomic mass is 10.1. The molecular formula is C18H27NO3. The first kappa shape index (κ1) is 18.1. The highest BCUT2D eigenvalue weighted by atomic mass is 16.5. The fourth-order valence-corrected chi connectivity index (χ4v) is 2.07. The van der Waals surface area contributed by atoms with E-state index < -0.39 is 0 Å². The molecule has 122 valence electrons. The van der Waals surface area contributed by atoms with Crippen molar-refractivity contribution in [3.63, 3.8) is 0 Å². The van der Waals surface area contributed by atoms with Gasteiger partial charge >= 0.3 is 0 Å². The summed E-state index contributed by atoms with van der Waals surface area (Å²) in [4.78, 5) is 11.8. The van der Waals surface area contributed by atoms with E-state index >= 15 is 0 Å². The number of ether oxygens (including phenoxy) is 1. The molecule has 0 bridgehead atoms. The third-order valence-electron chi connectivity index (χ3n) is 3.38. The molecule has 0 saturated carbocycles. The van der Waals surface area contributed by atoms with Gasteiger partial charge in [-0.3, -0.25) is 4.79 Å². The normalized spacial score (nSPS) is 10.8. The van der Waals surface area contributed by atoms with Crippen LogP contribution in [0.15, 0.2) is 30.4 Å². The maximum Gasteiger partial charge on any atom is 0.220 e. The van der Waals surface area contributed by atoms with Gasteiger partial charge in [-0.1, -0.05) is 31.6 Å². The summed E-state index contributed by atoms with van der Waals surface area (Å²) < 4.78 is 5.04. The molecule has 0 aliphatic carbocycles. The average Bonchev–Trinajstić information content (AvgIpc) is 2.53. The Bertz CT molecular complexity index is 483. The van der Waals surface area contributed by atoms with Crippen molar-refractivity contribution in [2.24, 2.45) is 0 Å². The van der Waals surface area contributed by atoms with Gasteiger partial charge in [-0.25, -0.2) is 0 Å². The fourth-order valence-electron chi connectivity index (χ4n) is 2.07. The van der Waals surface area contributed by atoms with Crippen molar-refractivity contribution in [3.8, 4) is 11.5 Å². The van der Waals surface area contributed by atoms with Gasteiger partial charge in [0.05, 0.1) is 7.11 Å². The molecule has 0 spiro atoms. The molecule has 4 nitrogen and oxygen atoms in total. The van der Waals surface area contributed by atoms with E-state index in [2.05, 4.69) is 24.4 Å². The van der Waals surface area contributed by atoms with E-state index in [1.165, 1.54) is 13.5 Å². The molecule has 4 heteroatoms. The molecule has 0 aromatic heterocycles. The topological polar surface area (TPSA) is 58.6 Å². The number of unbranched alkanes of at least 4 members (excludes halogenated alkanes) is 3. The van der Waals surface area contributed by atoms with Crippen LogP contribution >= 0.6 is 0 Å². The summed E-state index contributed by atoms with van der Waals surface area (Å²) in [6.07, 6.45) is 10.3. The van der Waals surface area contributed by atoms with Crippen LogP contribution < -0.4 is 10.1 Å². The zero-order valence-corrected chi connectivity index (χ0v) is 13.6. The Kier molecular flexibility index (Phi) is 8.80. The summed E-state index contributed by atoms with van der Waals surface area (Å²) in [6, 6.07) is 5.08. The van der Waals surface area contributed by atoms with Gasteiger partial charge in [0, 0.05) is 13.0 Å². The number of methoxy groups -OCH3 is 1. The Labute approximate surface area is 133 Å². The van der Waals surface area contributed by atoms with Crippen molar-refractivity contribution >= 4 is 5.91 Å². The van der Waals surface area contributed by atoms with Crippen molar-refractivity contribution in [2.75, 3.05) is 7.11 Å². The summed E-state index contributed by atoms with van der Waals surface area (Å²) in [7, 11) is 1.51. The van der Waals surface area contributed by atoms with Crippen LogP contribution in [0.2, 0.25) is 0 Å². The molecule has 0 radical (unpaired) electrons. The molecule has 0 aliphatic rings. The molecule has 1 aromatic rings. The van der Waals surface area contributed by atoms with Gasteiger partial charge in [-0.2, -0.15) is 0 Å². The predicted molar refractivity (Wildman–Crippen MR) is 89.0 cm³/mol. The minimum Gasteiger partial charge on any atom is -0.504 e. The lowest BCUT2D eigenvalue weighted by molar-refractivity contribution is -0.121. The number of phenols is 1. The number of nitrogens with one attached hydrogen (secondary N) is 1. The minimum atomic E-state index is 0.0598. The SMILES string of the molecule is CCC/C=C\CCCCC(=O)NCc1ccc(O)c(OC)c1. The molecule has 0 atom stereocenters. The Morgan fingerprint density at radius 1 is 1.27 bits per heavy atom. The van der Waals surface area contributed by atoms with E-state index in [9.17, 15) is 9.90 Å². The van der Waals surface area contributed by atoms with Crippen LogP contribution in [0.3, 0.4) is 0 Å². The van der Waals surface area contributed by atoms with Crippen molar-refractivity contribution in [1.29, 1.82) is 0 Å². The van der Waals surface area contributed by atoms with Crippen LogP contribution in [0.25, 0.3) is 0 Å². The predicted octanol–water partition coefficient (Wildman–Crippen LogP) is 3.93. The van der Waals surface area contributed by atoms with Crippen molar-refractivity contribution in [2.45, 2.75) is 52.0 Å². The highest BCUT2D eigenvalue weighted by molar-refractivity contribution is 5.75. The van der Waals surface area contributed by atoms with Gasteiger partial charge < -0.3 is 15.2 Å². The van der Waals surface area contributed by atoms with E-state index in [1.54, 1.807) is 18.2 Å². The third kappa shape index (κ3) is 7.16. The maximum absolute atomic E-state index is 11.8. The summed E-state index contributed by atoms with van der Waals surface area (Å²) in [5.74, 6) is 0.587. The summed E-state index contributed by atoms with van der Waals surface area (Å²) in [5, 5.41) is 12.4. The zero-order chi connectivity index (χ0) is 16.2. The lowest BCUT2D eigenvalue weighted by Gasteiger charge is -2.08. The standard InChI is InChI=1S/C18H27NO3/c1-3-4-5-6-7-8-9-10-18(21)19-14-15-11-12-16(20)17(13-15)22-2/h5-6,11-13,20H,3-4,7-10,14H2,1-2H3,(H,19,21)/b6-5-. The molecule has 0 saturated heterocycles. The molecule has 0 heterocycles. The number of carbonyl (C=O) groups excluding carboxylic acids is 1. The van der Waals surface area contributed by atoms with Crippen LogP contribution in [0, 0.1) is 0 Å². The first-order valence-corrected chi connectivity index (χ1v) is 7.95. The van der Waals surface area contributed by atoms with Crippen LogP contribution in [0.5, 0.6) is 11.5 Å². The number of amides is 1. The van der Waals surface area contributed by atoms with Gasteiger partial charge in [0.2, 0.25) is 5.91 Å². The highest BCUT2D eigenvalue weighted by Crippen LogP contribution is 2.26. The number of benzene rings is 1. The first-order chi connectivity index (χ1) is 10.7. The lowest BCUT2D eigenvalue weighted by Crippen LogP contribution is -2.22. The Balaban J connectivity index is 2.20. The quantitative estimate of drug-likeness (QED) is 0.508. The smallest absolute Gasteiger partial charge is 0.220 e. The number of rotatable bonds is 10. The molecular weight excluding hydrogens is 278 g/mol. The highest BCUT2D eigenvalue weighted by Gasteiger charge is 2.04. The van der Waals surface area contributed by atoms with E-state index in [0.717, 1.165) is 31.2 Å². The van der Waals surface area contributed by atoms with Crippen LogP contribution in [-0.4, -0.2) is 18.1 Å². The Morgan fingerprint density at radius 3 is 2.77 bits per heavy atom. The van der Waals surface area contributed by atoms with E-state index in [-0.39, 0.29) is 11.7 Å². The number of hydrogen-bond donors (Lipinski definition) is 2. The van der Waals surface area contributed by atoms with Crippen molar-refractivity contribution in [3.05, 3.63) is 35.9 Å². The number of hydrogen-bond acceptors (Lipinski definition) is 3. The third-order valence-corrected chi connectivity index (χ3v) is 3.38. The summed E-state index contributed by atoms with van der Waals surface area (Å²) in [6.45, 7) is 2.62. The largest absolute Gasteiger partial charge is 0.504 e. The molecule has 2 N–H and O–H groups in total. The first-order valence-electron chi connectivity index (χ1n) is 7.95. The van der Waals surface area contributed by atoms with Crippen molar-refractivity contribution in [1.82, 2.24) is 5.32 Å². The monoisotopic (exact) mass is 305 g/mol. The van der Waals surface area contributed by atoms with E-state index in [0.29, 0.717) is 18.7 Å². The van der Waals surface area contributed by atoms with Crippen LogP contribution in [0.4, 0.5) is 0 Å². The average molecular weight is 305 g/mol. The molecule has 0 fully saturated rings. The van der Waals surface area contributed by atoms with Crippen LogP contribution in [0.1, 0.15) is 51.0 Å². The minimum absolute atomic E-state index is 0.0598. The zero-order valence-electron chi connectivity index (χ0n) is 13.6. The van der Waals surface area contributed by atoms with E-state index in [1.807, 2.05) is 0 Å². The Morgan fingerprint density at radius 2 is 2.05 bits per heavy atom. The fraction of sp³-hybridized carbons (Fsp3) is 0.500. The van der Waals surface area contributed by atoms with Gasteiger partial charge in [-0.15, -0.1) is 0 Å². The summed E-state index contributed by atoms with van der Waals surface area (Å²) >= 11 is 0. The number of phenolic OH excluding ortho intramolecular Hbond substituents is 1. The van der Waals surface area contributed by atoms with E-state index in [4.69, 9.17) is 4.74 Å². The summed E-state index contributed by atoms with van der Waals surface area (Å²) in [5.41, 5.74) is 0.908. The molecule has 1 amide bonds. The Hall–Kier alpha value is -1.97. The van der Waals surface area contributed by atoms with Gasteiger partial charge in [0.25, 0.3) is 0 Å². The number of aromatic hydroxyl groups is 1. The maximum atomic E-state index is 11.8. The molecule has 0 unspecified atom stereocenters. The number of allylic oxidation sites excluding steroid dienone is 2. The molecule has 0 aliphatic heterocycles. The number of carbonyl (C=O) groups is 1. The molecule has 1 aromatic carbocycles. The second kappa shape index (κ2) is 10.7. The second-order valence-corrected chi connectivity index (χ2v) is 5.29. The van der Waals surface area contributed by atoms with Crippen molar-refractivity contribution < 1.29 is 14.6 Å². The second-order valence-electron chi connectivity index (χ2n) is 5.29. The molecule has 1 rings (SSSR count). The van der Waals surface area contributed by atoms with Gasteiger partial charge in [0.1, 0.15) is 0 Å². The molecule has 22 heavy (non-hydrogen) atoms.